The number of rotatable bonds is 2. The van der Waals surface area contributed by atoms with Crippen molar-refractivity contribution in [2.75, 3.05) is 0 Å². The second-order valence-corrected chi connectivity index (χ2v) is 2.59. The van der Waals surface area contributed by atoms with Gasteiger partial charge < -0.3 is 5.11 Å². The molecule has 0 atom stereocenters. The van der Waals surface area contributed by atoms with E-state index >= 15 is 0 Å². The lowest BCUT2D eigenvalue weighted by molar-refractivity contribution is 0.145. The molecule has 1 rings (SSSR count). The summed E-state index contributed by atoms with van der Waals surface area (Å²) >= 11 is 0. The molecule has 72 valence electrons. The standard InChI is InChI=1S/C8H8F3NO/c1-4-2-5(7(9)10)6(3-13)12-8(4)11/h2,7,13H,3H2,1H3. The van der Waals surface area contributed by atoms with E-state index in [0.29, 0.717) is 0 Å². The van der Waals surface area contributed by atoms with Gasteiger partial charge in [-0.25, -0.2) is 13.8 Å². The lowest BCUT2D eigenvalue weighted by Crippen LogP contribution is -2.02. The maximum atomic E-state index is 12.7. The third kappa shape index (κ3) is 1.98. The lowest BCUT2D eigenvalue weighted by atomic mass is 10.1. The highest BCUT2D eigenvalue weighted by molar-refractivity contribution is 5.26. The lowest BCUT2D eigenvalue weighted by Gasteiger charge is -2.06. The molecular formula is C8H8F3NO. The van der Waals surface area contributed by atoms with E-state index in [1.54, 1.807) is 0 Å². The number of alkyl halides is 2. The molecule has 0 bridgehead atoms. The summed E-state index contributed by atoms with van der Waals surface area (Å²) in [6, 6.07) is 0.999. The normalized spacial score (nSPS) is 10.9. The molecule has 0 fully saturated rings. The smallest absolute Gasteiger partial charge is 0.265 e. The van der Waals surface area contributed by atoms with E-state index in [2.05, 4.69) is 4.98 Å². The minimum absolute atomic E-state index is 0.0486. The van der Waals surface area contributed by atoms with Crippen LogP contribution in [0.5, 0.6) is 0 Å². The predicted molar refractivity (Wildman–Crippen MR) is 39.8 cm³/mol. The molecule has 0 unspecified atom stereocenters. The van der Waals surface area contributed by atoms with Gasteiger partial charge in [0.05, 0.1) is 12.3 Å². The number of aliphatic hydroxyl groups is 1. The Labute approximate surface area is 73.0 Å². The average molecular weight is 191 g/mol. The molecule has 0 amide bonds. The third-order valence-corrected chi connectivity index (χ3v) is 1.65. The van der Waals surface area contributed by atoms with Crippen molar-refractivity contribution in [1.82, 2.24) is 4.98 Å². The molecular weight excluding hydrogens is 183 g/mol. The predicted octanol–water partition coefficient (Wildman–Crippen LogP) is 1.96. The Morgan fingerprint density at radius 1 is 1.54 bits per heavy atom. The molecule has 13 heavy (non-hydrogen) atoms. The second-order valence-electron chi connectivity index (χ2n) is 2.59. The first-order chi connectivity index (χ1) is 6.06. The topological polar surface area (TPSA) is 33.1 Å². The van der Waals surface area contributed by atoms with Crippen molar-refractivity contribution in [3.05, 3.63) is 28.8 Å². The van der Waals surface area contributed by atoms with Crippen LogP contribution in [-0.2, 0) is 6.61 Å². The fraction of sp³-hybridized carbons (Fsp3) is 0.375. The summed E-state index contributed by atoms with van der Waals surface area (Å²) in [4.78, 5) is 3.22. The number of halogens is 3. The Bertz CT molecular complexity index is 315. The molecule has 1 heterocycles. The summed E-state index contributed by atoms with van der Waals surface area (Å²) in [5, 5.41) is 8.62. The largest absolute Gasteiger partial charge is 0.390 e. The second kappa shape index (κ2) is 3.74. The highest BCUT2D eigenvalue weighted by atomic mass is 19.3. The molecule has 0 saturated heterocycles. The SMILES string of the molecule is Cc1cc(C(F)F)c(CO)nc1F. The van der Waals surface area contributed by atoms with Crippen LogP contribution in [0.2, 0.25) is 0 Å². The number of hydrogen-bond acceptors (Lipinski definition) is 2. The van der Waals surface area contributed by atoms with Gasteiger partial charge in [0.15, 0.2) is 0 Å². The maximum Gasteiger partial charge on any atom is 0.265 e. The highest BCUT2D eigenvalue weighted by Crippen LogP contribution is 2.23. The van der Waals surface area contributed by atoms with Crippen LogP contribution >= 0.6 is 0 Å². The van der Waals surface area contributed by atoms with E-state index in [0.717, 1.165) is 6.07 Å². The molecule has 1 N–H and O–H groups in total. The summed E-state index contributed by atoms with van der Waals surface area (Å²) in [5.74, 6) is -0.826. The molecule has 0 aromatic carbocycles. The van der Waals surface area contributed by atoms with Crippen molar-refractivity contribution >= 4 is 0 Å². The van der Waals surface area contributed by atoms with E-state index in [1.807, 2.05) is 0 Å². The summed E-state index contributed by atoms with van der Waals surface area (Å²) in [6.07, 6.45) is -2.74. The number of aromatic nitrogens is 1. The maximum absolute atomic E-state index is 12.7. The number of hydrogen-bond donors (Lipinski definition) is 1. The van der Waals surface area contributed by atoms with Gasteiger partial charge in [-0.15, -0.1) is 0 Å². The van der Waals surface area contributed by atoms with Crippen molar-refractivity contribution in [1.29, 1.82) is 0 Å². The molecule has 1 aromatic heterocycles. The highest BCUT2D eigenvalue weighted by Gasteiger charge is 2.16. The Balaban J connectivity index is 3.25. The van der Waals surface area contributed by atoms with Crippen molar-refractivity contribution in [3.63, 3.8) is 0 Å². The van der Waals surface area contributed by atoms with Gasteiger partial charge in [-0.05, 0) is 13.0 Å². The number of nitrogens with zero attached hydrogens (tertiary/aromatic N) is 1. The first-order valence-electron chi connectivity index (χ1n) is 3.61. The van der Waals surface area contributed by atoms with Crippen LogP contribution in [0.15, 0.2) is 6.07 Å². The monoisotopic (exact) mass is 191 g/mol. The van der Waals surface area contributed by atoms with E-state index in [-0.39, 0.29) is 11.3 Å². The molecule has 0 aliphatic rings. The van der Waals surface area contributed by atoms with E-state index in [4.69, 9.17) is 5.11 Å². The molecule has 2 nitrogen and oxygen atoms in total. The number of aliphatic hydroxyl groups excluding tert-OH is 1. The quantitative estimate of drug-likeness (QED) is 0.725. The Morgan fingerprint density at radius 3 is 2.62 bits per heavy atom. The van der Waals surface area contributed by atoms with Crippen molar-refractivity contribution in [3.8, 4) is 0 Å². The van der Waals surface area contributed by atoms with Crippen LogP contribution in [0.4, 0.5) is 13.2 Å². The van der Waals surface area contributed by atoms with Crippen LogP contribution < -0.4 is 0 Å². The van der Waals surface area contributed by atoms with Gasteiger partial charge in [0.1, 0.15) is 0 Å². The third-order valence-electron chi connectivity index (χ3n) is 1.65. The van der Waals surface area contributed by atoms with E-state index < -0.39 is 24.5 Å². The minimum atomic E-state index is -2.74. The summed E-state index contributed by atoms with van der Waals surface area (Å²) in [7, 11) is 0. The van der Waals surface area contributed by atoms with Crippen LogP contribution in [0, 0.1) is 12.9 Å². The zero-order valence-corrected chi connectivity index (χ0v) is 6.89. The van der Waals surface area contributed by atoms with Crippen LogP contribution in [0.25, 0.3) is 0 Å². The van der Waals surface area contributed by atoms with Gasteiger partial charge in [0.25, 0.3) is 6.43 Å². The molecule has 0 spiro atoms. The zero-order valence-electron chi connectivity index (χ0n) is 6.89. The Kier molecular flexibility index (Phi) is 2.87. The summed E-state index contributed by atoms with van der Waals surface area (Å²) < 4.78 is 37.2. The fourth-order valence-corrected chi connectivity index (χ4v) is 0.963. The van der Waals surface area contributed by atoms with Crippen LogP contribution in [-0.4, -0.2) is 10.1 Å². The van der Waals surface area contributed by atoms with Crippen LogP contribution in [0.3, 0.4) is 0 Å². The summed E-state index contributed by atoms with van der Waals surface area (Å²) in [6.45, 7) is 0.659. The van der Waals surface area contributed by atoms with Gasteiger partial charge in [0, 0.05) is 11.1 Å². The van der Waals surface area contributed by atoms with Gasteiger partial charge in [-0.1, -0.05) is 0 Å². The van der Waals surface area contributed by atoms with Crippen molar-refractivity contribution < 1.29 is 18.3 Å². The van der Waals surface area contributed by atoms with Gasteiger partial charge in [0.2, 0.25) is 5.95 Å². The molecule has 0 radical (unpaired) electrons. The Morgan fingerprint density at radius 2 is 2.15 bits per heavy atom. The van der Waals surface area contributed by atoms with Gasteiger partial charge >= 0.3 is 0 Å². The van der Waals surface area contributed by atoms with E-state index in [9.17, 15) is 13.2 Å². The van der Waals surface area contributed by atoms with Crippen molar-refractivity contribution in [2.24, 2.45) is 0 Å². The average Bonchev–Trinajstić information content (AvgIpc) is 2.08. The van der Waals surface area contributed by atoms with Crippen molar-refractivity contribution in [2.45, 2.75) is 20.0 Å². The zero-order chi connectivity index (χ0) is 10.0. The minimum Gasteiger partial charge on any atom is -0.390 e. The molecule has 0 aliphatic heterocycles. The molecule has 5 heteroatoms. The molecule has 0 saturated carbocycles. The van der Waals surface area contributed by atoms with Gasteiger partial charge in [-0.3, -0.25) is 0 Å². The Hall–Kier alpha value is -1.10. The first-order valence-corrected chi connectivity index (χ1v) is 3.61. The number of aryl methyl sites for hydroxylation is 1. The first kappa shape index (κ1) is 9.98. The molecule has 0 aliphatic carbocycles. The fourth-order valence-electron chi connectivity index (χ4n) is 0.963. The van der Waals surface area contributed by atoms with Gasteiger partial charge in [-0.2, -0.15) is 4.39 Å². The number of pyridine rings is 1. The molecule has 1 aromatic rings. The van der Waals surface area contributed by atoms with E-state index in [1.165, 1.54) is 6.92 Å². The summed E-state index contributed by atoms with van der Waals surface area (Å²) in [5.41, 5.74) is -0.674. The van der Waals surface area contributed by atoms with Crippen LogP contribution in [0.1, 0.15) is 23.2 Å².